The number of fused-ring (bicyclic) bond motifs is 3. The monoisotopic (exact) mass is 453 g/mol. The number of aryl methyl sites for hydroxylation is 2. The predicted molar refractivity (Wildman–Crippen MR) is 132 cm³/mol. The van der Waals surface area contributed by atoms with Crippen LogP contribution in [0.3, 0.4) is 0 Å². The van der Waals surface area contributed by atoms with Crippen LogP contribution in [0.5, 0.6) is 5.75 Å². The Labute approximate surface area is 195 Å². The number of nitrogens with zero attached hydrogens (tertiary/aromatic N) is 2. The zero-order valence-electron chi connectivity index (χ0n) is 20.7. The lowest BCUT2D eigenvalue weighted by Gasteiger charge is -2.25. The summed E-state index contributed by atoms with van der Waals surface area (Å²) in [7, 11) is 1.76. The fourth-order valence-electron chi connectivity index (χ4n) is 4.01. The van der Waals surface area contributed by atoms with Crippen molar-refractivity contribution in [1.29, 1.82) is 0 Å². The van der Waals surface area contributed by atoms with Crippen LogP contribution in [-0.4, -0.2) is 33.9 Å². The highest BCUT2D eigenvalue weighted by molar-refractivity contribution is 6.05. The van der Waals surface area contributed by atoms with Crippen molar-refractivity contribution < 1.29 is 14.3 Å². The van der Waals surface area contributed by atoms with Gasteiger partial charge in [-0.1, -0.05) is 20.8 Å². The van der Waals surface area contributed by atoms with Crippen LogP contribution in [0.25, 0.3) is 21.7 Å². The molecule has 2 heterocycles. The quantitative estimate of drug-likeness (QED) is 0.511. The zero-order chi connectivity index (χ0) is 24.3. The van der Waals surface area contributed by atoms with Crippen LogP contribution in [0, 0.1) is 5.92 Å². The van der Waals surface area contributed by atoms with Crippen LogP contribution in [0.2, 0.25) is 0 Å². The Morgan fingerprint density at radius 1 is 1.18 bits per heavy atom. The SMILES string of the molecule is CCc1cc2c3ccncc3c(=O)n(C)c2cc1OCC(CC(C)C)NC(=O)OC(C)(C)C. The molecule has 0 spiro atoms. The number of alkyl carbamates (subject to hydrolysis) is 1. The van der Waals surface area contributed by atoms with Gasteiger partial charge >= 0.3 is 6.09 Å². The highest BCUT2D eigenvalue weighted by atomic mass is 16.6. The molecule has 1 atom stereocenters. The molecule has 0 aliphatic carbocycles. The van der Waals surface area contributed by atoms with Gasteiger partial charge in [-0.2, -0.15) is 0 Å². The molecule has 0 fully saturated rings. The number of amides is 1. The van der Waals surface area contributed by atoms with Crippen LogP contribution in [0.1, 0.15) is 53.5 Å². The molecular formula is C26H35N3O4. The van der Waals surface area contributed by atoms with Gasteiger partial charge in [0.2, 0.25) is 0 Å². The molecule has 0 saturated carbocycles. The first kappa shape index (κ1) is 24.6. The fraction of sp³-hybridized carbons (Fsp3) is 0.500. The Bertz CT molecular complexity index is 1210. The number of carbonyl (C=O) groups excluding carboxylic acids is 1. The van der Waals surface area contributed by atoms with Crippen LogP contribution in [0.15, 0.2) is 35.4 Å². The van der Waals surface area contributed by atoms with Gasteiger partial charge in [-0.25, -0.2) is 4.79 Å². The first-order valence-electron chi connectivity index (χ1n) is 11.5. The number of nitrogens with one attached hydrogen (secondary N) is 1. The van der Waals surface area contributed by atoms with Crippen LogP contribution in [-0.2, 0) is 18.2 Å². The van der Waals surface area contributed by atoms with Crippen molar-refractivity contribution in [2.24, 2.45) is 13.0 Å². The van der Waals surface area contributed by atoms with E-state index in [2.05, 4.69) is 37.1 Å². The maximum Gasteiger partial charge on any atom is 0.407 e. The molecule has 178 valence electrons. The standard InChI is InChI=1S/C26H35N3O4/c1-8-17-12-20-19-9-10-27-14-21(19)24(30)29(7)22(20)13-23(17)32-15-18(11-16(2)3)28-25(31)33-26(4,5)6/h9-10,12-14,16,18H,8,11,15H2,1-7H3,(H,28,31). The molecule has 0 saturated heterocycles. The van der Waals surface area contributed by atoms with Gasteiger partial charge in [-0.15, -0.1) is 0 Å². The summed E-state index contributed by atoms with van der Waals surface area (Å²) in [6.45, 7) is 12.1. The Morgan fingerprint density at radius 2 is 1.91 bits per heavy atom. The summed E-state index contributed by atoms with van der Waals surface area (Å²) in [4.78, 5) is 29.3. The topological polar surface area (TPSA) is 82.5 Å². The van der Waals surface area contributed by atoms with Gasteiger partial charge in [0.15, 0.2) is 0 Å². The third kappa shape index (κ3) is 5.83. The first-order valence-corrected chi connectivity index (χ1v) is 11.5. The van der Waals surface area contributed by atoms with Gasteiger partial charge in [-0.3, -0.25) is 9.78 Å². The van der Waals surface area contributed by atoms with Gasteiger partial charge in [0.25, 0.3) is 5.56 Å². The van der Waals surface area contributed by atoms with Crippen molar-refractivity contribution in [3.8, 4) is 5.75 Å². The molecule has 0 aliphatic rings. The lowest BCUT2D eigenvalue weighted by molar-refractivity contribution is 0.0480. The molecule has 1 amide bonds. The molecule has 2 aromatic heterocycles. The highest BCUT2D eigenvalue weighted by Gasteiger charge is 2.21. The summed E-state index contributed by atoms with van der Waals surface area (Å²) in [6.07, 6.45) is 4.40. The number of rotatable bonds is 7. The summed E-state index contributed by atoms with van der Waals surface area (Å²) in [6, 6.07) is 5.69. The van der Waals surface area contributed by atoms with Crippen molar-refractivity contribution in [3.63, 3.8) is 0 Å². The lowest BCUT2D eigenvalue weighted by Crippen LogP contribution is -2.42. The average molecular weight is 454 g/mol. The van der Waals surface area contributed by atoms with E-state index < -0.39 is 11.7 Å². The van der Waals surface area contributed by atoms with Crippen molar-refractivity contribution in [3.05, 3.63) is 46.5 Å². The zero-order valence-corrected chi connectivity index (χ0v) is 20.7. The molecule has 7 nitrogen and oxygen atoms in total. The third-order valence-corrected chi connectivity index (χ3v) is 5.48. The second-order valence-electron chi connectivity index (χ2n) is 9.90. The smallest absolute Gasteiger partial charge is 0.407 e. The molecular weight excluding hydrogens is 418 g/mol. The number of ether oxygens (including phenoxy) is 2. The van der Waals surface area contributed by atoms with Gasteiger partial charge in [0.05, 0.1) is 16.9 Å². The van der Waals surface area contributed by atoms with E-state index in [9.17, 15) is 9.59 Å². The van der Waals surface area contributed by atoms with Crippen molar-refractivity contribution in [2.75, 3.05) is 6.61 Å². The molecule has 0 aliphatic heterocycles. The summed E-state index contributed by atoms with van der Waals surface area (Å²) < 4.78 is 13.3. The molecule has 33 heavy (non-hydrogen) atoms. The second kappa shape index (κ2) is 9.81. The van der Waals surface area contributed by atoms with E-state index in [4.69, 9.17) is 9.47 Å². The van der Waals surface area contributed by atoms with Crippen molar-refractivity contribution in [1.82, 2.24) is 14.9 Å². The third-order valence-electron chi connectivity index (χ3n) is 5.48. The molecule has 7 heteroatoms. The highest BCUT2D eigenvalue weighted by Crippen LogP contribution is 2.30. The number of carbonyl (C=O) groups is 1. The fourth-order valence-corrected chi connectivity index (χ4v) is 4.01. The lowest BCUT2D eigenvalue weighted by atomic mass is 10.0. The maximum absolute atomic E-state index is 12.9. The van der Waals surface area contributed by atoms with E-state index in [1.165, 1.54) is 0 Å². The van der Waals surface area contributed by atoms with E-state index in [-0.39, 0.29) is 11.6 Å². The van der Waals surface area contributed by atoms with E-state index in [0.717, 1.165) is 34.7 Å². The Kier molecular flexibility index (Phi) is 7.30. The van der Waals surface area contributed by atoms with Gasteiger partial charge in [0.1, 0.15) is 18.0 Å². The summed E-state index contributed by atoms with van der Waals surface area (Å²) in [5, 5.41) is 5.42. The van der Waals surface area contributed by atoms with Crippen LogP contribution < -0.4 is 15.6 Å². The summed E-state index contributed by atoms with van der Waals surface area (Å²) in [5.41, 5.74) is 1.18. The minimum absolute atomic E-state index is 0.0925. The van der Waals surface area contributed by atoms with Crippen LogP contribution >= 0.6 is 0 Å². The van der Waals surface area contributed by atoms with E-state index in [0.29, 0.717) is 23.7 Å². The minimum Gasteiger partial charge on any atom is -0.491 e. The summed E-state index contributed by atoms with van der Waals surface area (Å²) in [5.74, 6) is 1.09. The van der Waals surface area contributed by atoms with E-state index in [1.807, 2.05) is 32.9 Å². The maximum atomic E-state index is 12.9. The largest absolute Gasteiger partial charge is 0.491 e. The molecule has 1 N–H and O–H groups in total. The number of aromatic nitrogens is 2. The normalized spacial score (nSPS) is 12.8. The van der Waals surface area contributed by atoms with Crippen molar-refractivity contribution in [2.45, 2.75) is 66.0 Å². The number of pyridine rings is 2. The Hall–Kier alpha value is -3.09. The second-order valence-corrected chi connectivity index (χ2v) is 9.90. The minimum atomic E-state index is -0.565. The molecule has 3 rings (SSSR count). The number of hydrogen-bond acceptors (Lipinski definition) is 5. The Morgan fingerprint density at radius 3 is 2.55 bits per heavy atom. The molecule has 0 bridgehead atoms. The summed E-state index contributed by atoms with van der Waals surface area (Å²) >= 11 is 0. The predicted octanol–water partition coefficient (Wildman–Crippen LogP) is 4.97. The molecule has 0 radical (unpaired) electrons. The molecule has 1 aromatic carbocycles. The van der Waals surface area contributed by atoms with Crippen LogP contribution in [0.4, 0.5) is 4.79 Å². The molecule has 1 unspecified atom stereocenters. The first-order chi connectivity index (χ1) is 15.5. The number of hydrogen-bond donors (Lipinski definition) is 1. The van der Waals surface area contributed by atoms with Gasteiger partial charge < -0.3 is 19.4 Å². The average Bonchev–Trinajstić information content (AvgIpc) is 2.73. The Balaban J connectivity index is 1.93. The van der Waals surface area contributed by atoms with E-state index >= 15 is 0 Å². The van der Waals surface area contributed by atoms with E-state index in [1.54, 1.807) is 24.0 Å². The molecule has 3 aromatic rings. The van der Waals surface area contributed by atoms with Gasteiger partial charge in [0, 0.05) is 30.9 Å². The van der Waals surface area contributed by atoms with Gasteiger partial charge in [-0.05, 0) is 62.6 Å². The van der Waals surface area contributed by atoms with Crippen molar-refractivity contribution >= 4 is 27.8 Å². The number of benzene rings is 1.